The van der Waals surface area contributed by atoms with E-state index in [0.29, 0.717) is 12.5 Å². The van der Waals surface area contributed by atoms with E-state index in [4.69, 9.17) is 0 Å². The predicted octanol–water partition coefficient (Wildman–Crippen LogP) is 3.80. The molecule has 2 aromatic rings. The molecule has 2 heteroatoms. The van der Waals surface area contributed by atoms with Crippen LogP contribution in [0.1, 0.15) is 45.8 Å². The molecular weight excluding hydrogens is 246 g/mol. The van der Waals surface area contributed by atoms with Gasteiger partial charge in [-0.25, -0.2) is 0 Å². The molecule has 1 N–H and O–H groups in total. The summed E-state index contributed by atoms with van der Waals surface area (Å²) in [4.78, 5) is 12.1. The first-order valence-corrected chi connectivity index (χ1v) is 7.17. The van der Waals surface area contributed by atoms with Crippen LogP contribution in [0, 0.1) is 6.92 Å². The molecule has 0 unspecified atom stereocenters. The van der Waals surface area contributed by atoms with Crippen LogP contribution in [0.25, 0.3) is 0 Å². The summed E-state index contributed by atoms with van der Waals surface area (Å²) in [6, 6.07) is 16.1. The molecule has 0 saturated heterocycles. The first-order chi connectivity index (χ1) is 9.74. The molecule has 3 rings (SSSR count). The van der Waals surface area contributed by atoms with Crippen molar-refractivity contribution in [2.24, 2.45) is 0 Å². The summed E-state index contributed by atoms with van der Waals surface area (Å²) < 4.78 is 0. The van der Waals surface area contributed by atoms with Gasteiger partial charge < -0.3 is 5.32 Å². The number of aryl methyl sites for hydroxylation is 1. The number of benzene rings is 2. The summed E-state index contributed by atoms with van der Waals surface area (Å²) in [6.45, 7) is 2.63. The summed E-state index contributed by atoms with van der Waals surface area (Å²) in [5, 5.41) is 3.02. The molecule has 0 radical (unpaired) electrons. The first-order valence-electron chi connectivity index (χ1n) is 7.17. The van der Waals surface area contributed by atoms with Crippen LogP contribution >= 0.6 is 0 Å². The molecule has 2 nitrogen and oxygen atoms in total. The molecule has 1 amide bonds. The maximum absolute atomic E-state index is 12.1. The van der Waals surface area contributed by atoms with Gasteiger partial charge in [-0.15, -0.1) is 0 Å². The number of carbonyl (C=O) groups is 1. The largest absolute Gasteiger partial charge is 0.348 e. The molecule has 20 heavy (non-hydrogen) atoms. The zero-order valence-corrected chi connectivity index (χ0v) is 11.7. The fourth-order valence-corrected chi connectivity index (χ4v) is 2.47. The van der Waals surface area contributed by atoms with Gasteiger partial charge in [-0.2, -0.15) is 0 Å². The van der Waals surface area contributed by atoms with Crippen molar-refractivity contribution in [3.8, 4) is 0 Å². The molecule has 1 aliphatic rings. The van der Waals surface area contributed by atoms with Crippen molar-refractivity contribution in [3.05, 3.63) is 70.8 Å². The van der Waals surface area contributed by atoms with Crippen LogP contribution in [0.4, 0.5) is 0 Å². The minimum absolute atomic E-state index is 0.00407. The minimum atomic E-state index is -0.00407. The highest BCUT2D eigenvalue weighted by atomic mass is 16.1. The van der Waals surface area contributed by atoms with Crippen LogP contribution in [0.2, 0.25) is 0 Å². The molecule has 0 bridgehead atoms. The minimum Gasteiger partial charge on any atom is -0.348 e. The average molecular weight is 265 g/mol. The Hall–Kier alpha value is -2.09. The van der Waals surface area contributed by atoms with Gasteiger partial charge in [-0.05, 0) is 48.9 Å². The Morgan fingerprint density at radius 1 is 1.10 bits per heavy atom. The Bertz CT molecular complexity index is 612. The fourth-order valence-electron chi connectivity index (χ4n) is 2.47. The van der Waals surface area contributed by atoms with Gasteiger partial charge in [0.2, 0.25) is 0 Å². The molecule has 2 aromatic carbocycles. The average Bonchev–Trinajstić information content (AvgIpc) is 3.30. The lowest BCUT2D eigenvalue weighted by molar-refractivity contribution is 0.0951. The standard InChI is InChI=1S/C18H19NO/c1-13-6-8-15(9-7-13)18(20)19-12-16-4-2-3-5-17(16)14-10-11-14/h2-9,14H,10-12H2,1H3,(H,19,20). The predicted molar refractivity (Wildman–Crippen MR) is 80.8 cm³/mol. The number of hydrogen-bond acceptors (Lipinski definition) is 1. The molecule has 0 aliphatic heterocycles. The van der Waals surface area contributed by atoms with Gasteiger partial charge in [-0.3, -0.25) is 4.79 Å². The van der Waals surface area contributed by atoms with Gasteiger partial charge in [0.15, 0.2) is 0 Å². The quantitative estimate of drug-likeness (QED) is 0.895. The second kappa shape index (κ2) is 5.49. The normalized spacial score (nSPS) is 14.1. The third-order valence-corrected chi connectivity index (χ3v) is 3.83. The summed E-state index contributed by atoms with van der Waals surface area (Å²) in [5.74, 6) is 0.707. The molecule has 0 heterocycles. The Kier molecular flexibility index (Phi) is 3.55. The number of nitrogens with one attached hydrogen (secondary N) is 1. The number of rotatable bonds is 4. The molecule has 1 fully saturated rings. The number of hydrogen-bond donors (Lipinski definition) is 1. The zero-order valence-electron chi connectivity index (χ0n) is 11.7. The first kappa shape index (κ1) is 12.9. The third-order valence-electron chi connectivity index (χ3n) is 3.83. The van der Waals surface area contributed by atoms with Gasteiger partial charge >= 0.3 is 0 Å². The Balaban J connectivity index is 1.67. The fraction of sp³-hybridized carbons (Fsp3) is 0.278. The lowest BCUT2D eigenvalue weighted by Crippen LogP contribution is -2.23. The lowest BCUT2D eigenvalue weighted by Gasteiger charge is -2.10. The van der Waals surface area contributed by atoms with Crippen LogP contribution < -0.4 is 5.32 Å². The van der Waals surface area contributed by atoms with Crippen LogP contribution in [0.5, 0.6) is 0 Å². The van der Waals surface area contributed by atoms with Crippen LogP contribution in [-0.2, 0) is 6.54 Å². The third kappa shape index (κ3) is 2.90. The summed E-state index contributed by atoms with van der Waals surface area (Å²) >= 11 is 0. The monoisotopic (exact) mass is 265 g/mol. The molecule has 102 valence electrons. The van der Waals surface area contributed by atoms with Crippen molar-refractivity contribution in [2.45, 2.75) is 32.2 Å². The van der Waals surface area contributed by atoms with Crippen LogP contribution in [0.3, 0.4) is 0 Å². The smallest absolute Gasteiger partial charge is 0.251 e. The maximum atomic E-state index is 12.1. The Morgan fingerprint density at radius 3 is 2.50 bits per heavy atom. The van der Waals surface area contributed by atoms with Gasteiger partial charge in [0.1, 0.15) is 0 Å². The van der Waals surface area contributed by atoms with Crippen molar-refractivity contribution in [3.63, 3.8) is 0 Å². The molecule has 0 atom stereocenters. The van der Waals surface area contributed by atoms with E-state index in [1.807, 2.05) is 37.3 Å². The van der Waals surface area contributed by atoms with Crippen molar-refractivity contribution in [1.82, 2.24) is 5.32 Å². The van der Waals surface area contributed by atoms with Gasteiger partial charge in [-0.1, -0.05) is 42.0 Å². The lowest BCUT2D eigenvalue weighted by atomic mass is 10.0. The van der Waals surface area contributed by atoms with E-state index in [1.54, 1.807) is 0 Å². The van der Waals surface area contributed by atoms with E-state index in [0.717, 1.165) is 5.56 Å². The van der Waals surface area contributed by atoms with Crippen molar-refractivity contribution < 1.29 is 4.79 Å². The zero-order chi connectivity index (χ0) is 13.9. The maximum Gasteiger partial charge on any atom is 0.251 e. The number of amides is 1. The molecule has 0 spiro atoms. The number of carbonyl (C=O) groups excluding carboxylic acids is 1. The molecular formula is C18H19NO. The van der Waals surface area contributed by atoms with Crippen molar-refractivity contribution in [2.75, 3.05) is 0 Å². The van der Waals surface area contributed by atoms with Crippen LogP contribution in [0.15, 0.2) is 48.5 Å². The highest BCUT2D eigenvalue weighted by Gasteiger charge is 2.25. The molecule has 1 aliphatic carbocycles. The molecule has 0 aromatic heterocycles. The van der Waals surface area contributed by atoms with E-state index < -0.39 is 0 Å². The van der Waals surface area contributed by atoms with E-state index in [9.17, 15) is 4.79 Å². The van der Waals surface area contributed by atoms with Gasteiger partial charge in [0, 0.05) is 12.1 Å². The van der Waals surface area contributed by atoms with Crippen LogP contribution in [-0.4, -0.2) is 5.91 Å². The summed E-state index contributed by atoms with van der Waals surface area (Å²) in [7, 11) is 0. The van der Waals surface area contributed by atoms with E-state index >= 15 is 0 Å². The Labute approximate surface area is 119 Å². The van der Waals surface area contributed by atoms with Crippen molar-refractivity contribution >= 4 is 5.91 Å². The second-order valence-corrected chi connectivity index (χ2v) is 5.52. The SMILES string of the molecule is Cc1ccc(C(=O)NCc2ccccc2C2CC2)cc1. The summed E-state index contributed by atoms with van der Waals surface area (Å²) in [5.41, 5.74) is 4.53. The van der Waals surface area contributed by atoms with E-state index in [1.165, 1.54) is 29.5 Å². The Morgan fingerprint density at radius 2 is 1.80 bits per heavy atom. The topological polar surface area (TPSA) is 29.1 Å². The van der Waals surface area contributed by atoms with Gasteiger partial charge in [0.25, 0.3) is 5.91 Å². The van der Waals surface area contributed by atoms with Gasteiger partial charge in [0.05, 0.1) is 0 Å². The molecule has 1 saturated carbocycles. The van der Waals surface area contributed by atoms with E-state index in [2.05, 4.69) is 23.5 Å². The van der Waals surface area contributed by atoms with Crippen molar-refractivity contribution in [1.29, 1.82) is 0 Å². The summed E-state index contributed by atoms with van der Waals surface area (Å²) in [6.07, 6.45) is 2.56. The highest BCUT2D eigenvalue weighted by molar-refractivity contribution is 5.94. The highest BCUT2D eigenvalue weighted by Crippen LogP contribution is 2.41. The second-order valence-electron chi connectivity index (χ2n) is 5.52. The van der Waals surface area contributed by atoms with E-state index in [-0.39, 0.29) is 5.91 Å².